The number of pyridine rings is 1. The second kappa shape index (κ2) is 10.3. The van der Waals surface area contributed by atoms with Gasteiger partial charge in [0.15, 0.2) is 23.9 Å². The fraction of sp³-hybridized carbons (Fsp3) is 0.179. The van der Waals surface area contributed by atoms with Gasteiger partial charge in [0.1, 0.15) is 0 Å². The normalized spacial score (nSPS) is 10.6. The van der Waals surface area contributed by atoms with Crippen LogP contribution >= 0.6 is 0 Å². The van der Waals surface area contributed by atoms with Crippen molar-refractivity contribution in [3.63, 3.8) is 0 Å². The molecule has 0 spiro atoms. The van der Waals surface area contributed by atoms with E-state index in [0.717, 1.165) is 5.56 Å². The first-order chi connectivity index (χ1) is 16.9. The van der Waals surface area contributed by atoms with Gasteiger partial charge < -0.3 is 18.9 Å². The Labute approximate surface area is 203 Å². The predicted octanol–water partition coefficient (Wildman–Crippen LogP) is 5.28. The molecule has 0 fully saturated rings. The van der Waals surface area contributed by atoms with Gasteiger partial charge in [-0.3, -0.25) is 4.79 Å². The second-order valence-electron chi connectivity index (χ2n) is 7.85. The van der Waals surface area contributed by atoms with Crippen LogP contribution in [0.4, 0.5) is 0 Å². The molecule has 0 unspecified atom stereocenters. The number of carbonyl (C=O) groups is 2. The predicted molar refractivity (Wildman–Crippen MR) is 133 cm³/mol. The van der Waals surface area contributed by atoms with E-state index in [1.54, 1.807) is 36.4 Å². The van der Waals surface area contributed by atoms with E-state index in [0.29, 0.717) is 50.5 Å². The van der Waals surface area contributed by atoms with Gasteiger partial charge in [-0.05, 0) is 31.2 Å². The molecule has 0 N–H and O–H groups in total. The Morgan fingerprint density at radius 1 is 0.829 bits per heavy atom. The minimum absolute atomic E-state index is 0.276. The lowest BCUT2D eigenvalue weighted by molar-refractivity contribution is 0.0476. The first-order valence-electron chi connectivity index (χ1n) is 10.9. The monoisotopic (exact) mass is 471 g/mol. The molecule has 0 amide bonds. The van der Waals surface area contributed by atoms with Gasteiger partial charge in [-0.15, -0.1) is 0 Å². The van der Waals surface area contributed by atoms with Crippen LogP contribution < -0.4 is 14.2 Å². The third-order valence-corrected chi connectivity index (χ3v) is 5.60. The summed E-state index contributed by atoms with van der Waals surface area (Å²) >= 11 is 0. The Balaban J connectivity index is 1.71. The van der Waals surface area contributed by atoms with Crippen LogP contribution in [0.5, 0.6) is 17.2 Å². The summed E-state index contributed by atoms with van der Waals surface area (Å²) in [5.41, 5.74) is 3.61. The molecule has 0 atom stereocenters. The molecular weight excluding hydrogens is 446 g/mol. The number of rotatable bonds is 8. The van der Waals surface area contributed by atoms with Crippen molar-refractivity contribution in [1.29, 1.82) is 0 Å². The highest BCUT2D eigenvalue weighted by atomic mass is 16.5. The van der Waals surface area contributed by atoms with Crippen LogP contribution in [-0.4, -0.2) is 44.7 Å². The maximum Gasteiger partial charge on any atom is 0.339 e. The summed E-state index contributed by atoms with van der Waals surface area (Å²) in [6, 6.07) is 19.5. The Kier molecular flexibility index (Phi) is 6.96. The van der Waals surface area contributed by atoms with Crippen molar-refractivity contribution in [3.8, 4) is 28.5 Å². The highest BCUT2D eigenvalue weighted by molar-refractivity contribution is 6.06. The highest BCUT2D eigenvalue weighted by Crippen LogP contribution is 2.41. The zero-order chi connectivity index (χ0) is 24.9. The Bertz CT molecular complexity index is 1370. The summed E-state index contributed by atoms with van der Waals surface area (Å²) in [4.78, 5) is 30.3. The quantitative estimate of drug-likeness (QED) is 0.255. The number of benzene rings is 3. The highest BCUT2D eigenvalue weighted by Gasteiger charge is 2.19. The van der Waals surface area contributed by atoms with Gasteiger partial charge in [-0.25, -0.2) is 9.78 Å². The maximum atomic E-state index is 13.1. The molecule has 7 heteroatoms. The largest absolute Gasteiger partial charge is 0.493 e. The number of ether oxygens (including phenoxy) is 4. The molecule has 0 saturated heterocycles. The van der Waals surface area contributed by atoms with E-state index in [2.05, 4.69) is 0 Å². The number of methoxy groups -OCH3 is 3. The molecule has 4 aromatic rings. The molecule has 35 heavy (non-hydrogen) atoms. The summed E-state index contributed by atoms with van der Waals surface area (Å²) in [5, 5.41) is 0.622. The van der Waals surface area contributed by atoms with Crippen molar-refractivity contribution in [2.24, 2.45) is 0 Å². The molecule has 3 aromatic carbocycles. The zero-order valence-electron chi connectivity index (χ0n) is 20.0. The minimum atomic E-state index is -0.613. The van der Waals surface area contributed by atoms with Gasteiger partial charge in [-0.1, -0.05) is 48.0 Å². The summed E-state index contributed by atoms with van der Waals surface area (Å²) in [6.07, 6.45) is 0. The Hall–Kier alpha value is -4.39. The first kappa shape index (κ1) is 23.8. The van der Waals surface area contributed by atoms with E-state index in [4.69, 9.17) is 23.9 Å². The molecular formula is C28H25NO6. The molecule has 0 saturated carbocycles. The summed E-state index contributed by atoms with van der Waals surface area (Å²) in [6.45, 7) is 1.58. The van der Waals surface area contributed by atoms with Gasteiger partial charge in [-0.2, -0.15) is 0 Å². The number of fused-ring (bicyclic) bond motifs is 1. The van der Waals surface area contributed by atoms with Crippen LogP contribution in [-0.2, 0) is 4.74 Å². The molecule has 178 valence electrons. The number of carbonyl (C=O) groups excluding carboxylic acids is 2. The molecule has 0 bridgehead atoms. The number of hydrogen-bond donors (Lipinski definition) is 0. The third kappa shape index (κ3) is 4.94. The van der Waals surface area contributed by atoms with Crippen molar-refractivity contribution >= 4 is 22.7 Å². The number of hydrogen-bond acceptors (Lipinski definition) is 7. The summed E-state index contributed by atoms with van der Waals surface area (Å²) in [5.74, 6) is 0.488. The molecule has 0 aliphatic rings. The van der Waals surface area contributed by atoms with Gasteiger partial charge >= 0.3 is 5.97 Å². The van der Waals surface area contributed by atoms with E-state index in [1.165, 1.54) is 21.3 Å². The smallest absolute Gasteiger partial charge is 0.339 e. The van der Waals surface area contributed by atoms with Crippen molar-refractivity contribution in [2.75, 3.05) is 27.9 Å². The standard InChI is InChI=1S/C28H25NO6/c1-17-9-11-18(12-10-17)24(30)16-35-28(31)21-15-23(29-22-8-6-5-7-20(21)22)19-13-25(32-2)27(34-4)26(14-19)33-3/h5-15H,16H2,1-4H3. The zero-order valence-corrected chi connectivity index (χ0v) is 20.0. The van der Waals surface area contributed by atoms with Crippen LogP contribution in [0.1, 0.15) is 26.3 Å². The molecule has 7 nitrogen and oxygen atoms in total. The van der Waals surface area contributed by atoms with Gasteiger partial charge in [0.2, 0.25) is 5.75 Å². The molecule has 0 radical (unpaired) electrons. The Morgan fingerprint density at radius 2 is 1.49 bits per heavy atom. The number of aryl methyl sites for hydroxylation is 1. The molecule has 0 aliphatic carbocycles. The van der Waals surface area contributed by atoms with Crippen LogP contribution in [0.25, 0.3) is 22.2 Å². The van der Waals surface area contributed by atoms with E-state index in [-0.39, 0.29) is 12.4 Å². The molecule has 1 aromatic heterocycles. The van der Waals surface area contributed by atoms with E-state index >= 15 is 0 Å². The maximum absolute atomic E-state index is 13.1. The lowest BCUT2D eigenvalue weighted by Gasteiger charge is -2.15. The van der Waals surface area contributed by atoms with Crippen molar-refractivity contribution in [3.05, 3.63) is 83.4 Å². The van der Waals surface area contributed by atoms with Crippen molar-refractivity contribution < 1.29 is 28.5 Å². The van der Waals surface area contributed by atoms with Gasteiger partial charge in [0.05, 0.1) is 38.1 Å². The fourth-order valence-electron chi connectivity index (χ4n) is 3.75. The van der Waals surface area contributed by atoms with E-state index < -0.39 is 5.97 Å². The number of para-hydroxylation sites is 1. The second-order valence-corrected chi connectivity index (χ2v) is 7.85. The molecule has 4 rings (SSSR count). The average molecular weight is 472 g/mol. The summed E-state index contributed by atoms with van der Waals surface area (Å²) in [7, 11) is 4.59. The lowest BCUT2D eigenvalue weighted by atomic mass is 10.0. The molecule has 1 heterocycles. The van der Waals surface area contributed by atoms with Crippen LogP contribution in [0.3, 0.4) is 0 Å². The minimum Gasteiger partial charge on any atom is -0.493 e. The first-order valence-corrected chi connectivity index (χ1v) is 10.9. The van der Waals surface area contributed by atoms with Crippen molar-refractivity contribution in [2.45, 2.75) is 6.92 Å². The Morgan fingerprint density at radius 3 is 2.11 bits per heavy atom. The number of nitrogens with zero attached hydrogens (tertiary/aromatic N) is 1. The topological polar surface area (TPSA) is 84.0 Å². The fourth-order valence-corrected chi connectivity index (χ4v) is 3.75. The lowest BCUT2D eigenvalue weighted by Crippen LogP contribution is -2.15. The summed E-state index contributed by atoms with van der Waals surface area (Å²) < 4.78 is 21.7. The number of aromatic nitrogens is 1. The third-order valence-electron chi connectivity index (χ3n) is 5.60. The van der Waals surface area contributed by atoms with E-state index in [9.17, 15) is 9.59 Å². The number of esters is 1. The number of ketones is 1. The van der Waals surface area contributed by atoms with Gasteiger partial charge in [0, 0.05) is 16.5 Å². The molecule has 0 aliphatic heterocycles. The van der Waals surface area contributed by atoms with Crippen LogP contribution in [0.2, 0.25) is 0 Å². The number of Topliss-reactive ketones (excluding diaryl/α,β-unsaturated/α-hetero) is 1. The SMILES string of the molecule is COc1cc(-c2cc(C(=O)OCC(=O)c3ccc(C)cc3)c3ccccc3n2)cc(OC)c1OC. The van der Waals surface area contributed by atoms with Crippen LogP contribution in [0.15, 0.2) is 66.7 Å². The average Bonchev–Trinajstić information content (AvgIpc) is 2.90. The van der Waals surface area contributed by atoms with Crippen molar-refractivity contribution in [1.82, 2.24) is 4.98 Å². The van der Waals surface area contributed by atoms with Crippen LogP contribution in [0, 0.1) is 6.92 Å². The van der Waals surface area contributed by atoms with Gasteiger partial charge in [0.25, 0.3) is 0 Å². The van der Waals surface area contributed by atoms with E-state index in [1.807, 2.05) is 37.3 Å².